The SMILES string of the molecule is NS(=O)(=O)c1cc(C(=O)Cn2cnc(-c3ccccc3)c2-c2ccccc2)ccc1Cl. The molecule has 0 unspecified atom stereocenters. The van der Waals surface area contributed by atoms with Crippen LogP contribution in [0.3, 0.4) is 0 Å². The van der Waals surface area contributed by atoms with Gasteiger partial charge in [-0.05, 0) is 18.2 Å². The van der Waals surface area contributed by atoms with E-state index in [1.807, 2.05) is 60.7 Å². The zero-order chi connectivity index (χ0) is 22.0. The van der Waals surface area contributed by atoms with Gasteiger partial charge in [0.1, 0.15) is 4.90 Å². The molecular weight excluding hydrogens is 434 g/mol. The highest BCUT2D eigenvalue weighted by molar-refractivity contribution is 7.89. The minimum atomic E-state index is -4.05. The van der Waals surface area contributed by atoms with Gasteiger partial charge in [0.25, 0.3) is 0 Å². The second kappa shape index (κ2) is 8.47. The number of nitrogens with two attached hydrogens (primary N) is 1. The Labute approximate surface area is 185 Å². The molecule has 6 nitrogen and oxygen atoms in total. The van der Waals surface area contributed by atoms with E-state index in [1.165, 1.54) is 18.2 Å². The summed E-state index contributed by atoms with van der Waals surface area (Å²) in [7, 11) is -4.05. The molecule has 156 valence electrons. The summed E-state index contributed by atoms with van der Waals surface area (Å²) in [6.45, 7) is -0.0320. The van der Waals surface area contributed by atoms with Crippen molar-refractivity contribution in [1.29, 1.82) is 0 Å². The number of ketones is 1. The fraction of sp³-hybridized carbons (Fsp3) is 0.0435. The Bertz CT molecular complexity index is 1350. The van der Waals surface area contributed by atoms with Crippen molar-refractivity contribution in [3.05, 3.63) is 95.8 Å². The molecule has 4 aromatic rings. The number of rotatable bonds is 6. The van der Waals surface area contributed by atoms with Crippen LogP contribution in [0, 0.1) is 0 Å². The van der Waals surface area contributed by atoms with Gasteiger partial charge in [0, 0.05) is 16.7 Å². The van der Waals surface area contributed by atoms with Crippen molar-refractivity contribution in [2.24, 2.45) is 5.14 Å². The Morgan fingerprint density at radius 1 is 0.935 bits per heavy atom. The Kier molecular flexibility index (Phi) is 5.73. The van der Waals surface area contributed by atoms with Gasteiger partial charge in [-0.1, -0.05) is 72.3 Å². The molecule has 0 spiro atoms. The highest BCUT2D eigenvalue weighted by atomic mass is 35.5. The minimum Gasteiger partial charge on any atom is -0.322 e. The minimum absolute atomic E-state index is 0.0296. The number of Topliss-reactive ketones (excluding diaryl/α,β-unsaturated/α-hetero) is 1. The van der Waals surface area contributed by atoms with Gasteiger partial charge in [-0.2, -0.15) is 0 Å². The van der Waals surface area contributed by atoms with Gasteiger partial charge in [0.15, 0.2) is 5.78 Å². The van der Waals surface area contributed by atoms with Crippen LogP contribution in [0.2, 0.25) is 5.02 Å². The first kappa shape index (κ1) is 21.0. The van der Waals surface area contributed by atoms with Crippen molar-refractivity contribution >= 4 is 27.4 Å². The lowest BCUT2D eigenvalue weighted by Gasteiger charge is -2.11. The van der Waals surface area contributed by atoms with Crippen molar-refractivity contribution in [2.45, 2.75) is 11.4 Å². The molecule has 1 aromatic heterocycles. The number of carbonyl (C=O) groups is 1. The van der Waals surface area contributed by atoms with Gasteiger partial charge in [0.2, 0.25) is 10.0 Å². The Hall–Kier alpha value is -3.26. The molecule has 31 heavy (non-hydrogen) atoms. The smallest absolute Gasteiger partial charge is 0.239 e. The second-order valence-electron chi connectivity index (χ2n) is 6.92. The van der Waals surface area contributed by atoms with Crippen LogP contribution in [0.4, 0.5) is 0 Å². The Balaban J connectivity index is 1.76. The lowest BCUT2D eigenvalue weighted by atomic mass is 10.0. The molecule has 0 aliphatic heterocycles. The predicted octanol–water partition coefficient (Wildman–Crippen LogP) is 4.40. The van der Waals surface area contributed by atoms with E-state index in [-0.39, 0.29) is 27.8 Å². The molecular formula is C23H18ClN3O3S. The highest BCUT2D eigenvalue weighted by Gasteiger charge is 2.20. The maximum atomic E-state index is 13.0. The third kappa shape index (κ3) is 4.44. The normalized spacial score (nSPS) is 11.4. The van der Waals surface area contributed by atoms with E-state index in [9.17, 15) is 13.2 Å². The average molecular weight is 452 g/mol. The van der Waals surface area contributed by atoms with E-state index >= 15 is 0 Å². The standard InChI is InChI=1S/C23H18ClN3O3S/c24-19-12-11-18(13-21(19)31(25,29)30)20(28)14-27-15-26-22(16-7-3-1-4-8-16)23(27)17-9-5-2-6-10-17/h1-13,15H,14H2,(H2,25,29,30). The molecule has 0 aliphatic carbocycles. The topological polar surface area (TPSA) is 95.0 Å². The largest absolute Gasteiger partial charge is 0.322 e. The van der Waals surface area contributed by atoms with Gasteiger partial charge in [-0.3, -0.25) is 4.79 Å². The first-order valence-electron chi connectivity index (χ1n) is 9.36. The Morgan fingerprint density at radius 2 is 1.55 bits per heavy atom. The third-order valence-corrected chi connectivity index (χ3v) is 6.20. The molecule has 0 aliphatic rings. The van der Waals surface area contributed by atoms with Gasteiger partial charge >= 0.3 is 0 Å². The van der Waals surface area contributed by atoms with Crippen molar-refractivity contribution in [1.82, 2.24) is 9.55 Å². The summed E-state index contributed by atoms with van der Waals surface area (Å²) in [6.07, 6.45) is 1.61. The first-order valence-corrected chi connectivity index (χ1v) is 11.3. The maximum Gasteiger partial charge on any atom is 0.239 e. The second-order valence-corrected chi connectivity index (χ2v) is 8.85. The van der Waals surface area contributed by atoms with Gasteiger partial charge in [-0.25, -0.2) is 18.5 Å². The van der Waals surface area contributed by atoms with Gasteiger partial charge in [0.05, 0.1) is 29.3 Å². The number of hydrogen-bond donors (Lipinski definition) is 1. The molecule has 4 rings (SSSR count). The van der Waals surface area contributed by atoms with E-state index in [1.54, 1.807) is 10.9 Å². The number of carbonyl (C=O) groups excluding carboxylic acids is 1. The zero-order valence-electron chi connectivity index (χ0n) is 16.3. The van der Waals surface area contributed by atoms with Crippen LogP contribution in [0.15, 0.2) is 90.1 Å². The first-order chi connectivity index (χ1) is 14.8. The molecule has 0 fully saturated rings. The number of nitrogens with zero attached hydrogens (tertiary/aromatic N) is 2. The molecule has 8 heteroatoms. The fourth-order valence-corrected chi connectivity index (χ4v) is 4.42. The predicted molar refractivity (Wildman–Crippen MR) is 120 cm³/mol. The highest BCUT2D eigenvalue weighted by Crippen LogP contribution is 2.31. The van der Waals surface area contributed by atoms with E-state index in [4.69, 9.17) is 16.7 Å². The molecule has 0 radical (unpaired) electrons. The molecule has 1 heterocycles. The summed E-state index contributed by atoms with van der Waals surface area (Å²) in [5.41, 5.74) is 3.58. The maximum absolute atomic E-state index is 13.0. The van der Waals surface area contributed by atoms with E-state index < -0.39 is 10.0 Å². The summed E-state index contributed by atoms with van der Waals surface area (Å²) < 4.78 is 25.3. The summed E-state index contributed by atoms with van der Waals surface area (Å²) in [5.74, 6) is -0.296. The van der Waals surface area contributed by atoms with Crippen molar-refractivity contribution in [3.63, 3.8) is 0 Å². The summed E-state index contributed by atoms with van der Waals surface area (Å²) in [5, 5.41) is 5.18. The number of aromatic nitrogens is 2. The molecule has 0 saturated heterocycles. The zero-order valence-corrected chi connectivity index (χ0v) is 17.8. The number of hydrogen-bond acceptors (Lipinski definition) is 4. The third-order valence-electron chi connectivity index (χ3n) is 4.81. The summed E-state index contributed by atoms with van der Waals surface area (Å²) in [4.78, 5) is 17.3. The van der Waals surface area contributed by atoms with Crippen molar-refractivity contribution < 1.29 is 13.2 Å². The fourth-order valence-electron chi connectivity index (χ4n) is 3.35. The monoisotopic (exact) mass is 451 g/mol. The molecule has 3 aromatic carbocycles. The lowest BCUT2D eigenvalue weighted by molar-refractivity contribution is 0.0972. The number of benzene rings is 3. The summed E-state index contributed by atoms with van der Waals surface area (Å²) in [6, 6.07) is 23.4. The lowest BCUT2D eigenvalue weighted by Crippen LogP contribution is -2.15. The van der Waals surface area contributed by atoms with Crippen LogP contribution < -0.4 is 5.14 Å². The van der Waals surface area contributed by atoms with Gasteiger partial charge < -0.3 is 4.57 Å². The average Bonchev–Trinajstić information content (AvgIpc) is 3.18. The van der Waals surface area contributed by atoms with Crippen molar-refractivity contribution in [2.75, 3.05) is 0 Å². The van der Waals surface area contributed by atoms with Crippen LogP contribution in [0.5, 0.6) is 0 Å². The Morgan fingerprint density at radius 3 is 2.16 bits per heavy atom. The van der Waals surface area contributed by atoms with Crippen LogP contribution >= 0.6 is 11.6 Å². The van der Waals surface area contributed by atoms with Crippen LogP contribution in [-0.2, 0) is 16.6 Å². The van der Waals surface area contributed by atoms with Gasteiger partial charge in [-0.15, -0.1) is 0 Å². The van der Waals surface area contributed by atoms with Crippen molar-refractivity contribution in [3.8, 4) is 22.5 Å². The molecule has 0 saturated carbocycles. The molecule has 0 amide bonds. The van der Waals surface area contributed by atoms with E-state index in [0.717, 1.165) is 22.5 Å². The number of halogens is 1. The molecule has 2 N–H and O–H groups in total. The summed E-state index contributed by atoms with van der Waals surface area (Å²) >= 11 is 5.94. The van der Waals surface area contributed by atoms with Crippen LogP contribution in [0.25, 0.3) is 22.5 Å². The molecule has 0 atom stereocenters. The van der Waals surface area contributed by atoms with Crippen LogP contribution in [0.1, 0.15) is 10.4 Å². The van der Waals surface area contributed by atoms with Crippen LogP contribution in [-0.4, -0.2) is 23.8 Å². The van der Waals surface area contributed by atoms with E-state index in [0.29, 0.717) is 0 Å². The quantitative estimate of drug-likeness (QED) is 0.439. The number of primary sulfonamides is 1. The van der Waals surface area contributed by atoms with E-state index in [2.05, 4.69) is 4.98 Å². The number of imidazole rings is 1. The molecule has 0 bridgehead atoms. The number of sulfonamides is 1.